The molecule has 1 aromatic rings. The van der Waals surface area contributed by atoms with E-state index in [0.717, 1.165) is 5.33 Å². The van der Waals surface area contributed by atoms with Crippen LogP contribution in [-0.2, 0) is 0 Å². The van der Waals surface area contributed by atoms with Crippen LogP contribution in [0.3, 0.4) is 0 Å². The molecule has 1 atom stereocenters. The summed E-state index contributed by atoms with van der Waals surface area (Å²) in [6.07, 6.45) is 1.22. The molecule has 1 unspecified atom stereocenters. The lowest BCUT2D eigenvalue weighted by molar-refractivity contribution is 0.489. The number of benzene rings is 1. The van der Waals surface area contributed by atoms with E-state index in [0.29, 0.717) is 17.8 Å². The quantitative estimate of drug-likeness (QED) is 0.640. The fourth-order valence-electron chi connectivity index (χ4n) is 2.13. The number of hydrogen-bond donors (Lipinski definition) is 0. The second-order valence-electron chi connectivity index (χ2n) is 5.15. The first-order chi connectivity index (χ1) is 7.56. The molecule has 16 heavy (non-hydrogen) atoms. The van der Waals surface area contributed by atoms with Gasteiger partial charge in [-0.25, -0.2) is 0 Å². The predicted molar refractivity (Wildman–Crippen MR) is 76.5 cm³/mol. The van der Waals surface area contributed by atoms with Crippen molar-refractivity contribution in [3.05, 3.63) is 35.4 Å². The van der Waals surface area contributed by atoms with E-state index in [1.807, 2.05) is 0 Å². The number of hydrogen-bond acceptors (Lipinski definition) is 0. The Bertz CT molecular complexity index is 298. The van der Waals surface area contributed by atoms with Gasteiger partial charge in [0, 0.05) is 5.33 Å². The fourth-order valence-corrected chi connectivity index (χ4v) is 2.62. The van der Waals surface area contributed by atoms with Gasteiger partial charge in [0.05, 0.1) is 0 Å². The minimum Gasteiger partial charge on any atom is -0.0928 e. The number of rotatable bonds is 5. The third-order valence-electron chi connectivity index (χ3n) is 3.26. The van der Waals surface area contributed by atoms with Gasteiger partial charge < -0.3 is 0 Å². The van der Waals surface area contributed by atoms with Crippen molar-refractivity contribution in [1.29, 1.82) is 0 Å². The lowest BCUT2D eigenvalue weighted by Crippen LogP contribution is -2.07. The van der Waals surface area contributed by atoms with Gasteiger partial charge in [0.15, 0.2) is 0 Å². The maximum absolute atomic E-state index is 3.55. The second kappa shape index (κ2) is 6.44. The molecule has 0 heterocycles. The van der Waals surface area contributed by atoms with Crippen LogP contribution in [0.1, 0.15) is 57.1 Å². The summed E-state index contributed by atoms with van der Waals surface area (Å²) in [5, 5.41) is 1.09. The van der Waals surface area contributed by atoms with Crippen molar-refractivity contribution in [1.82, 2.24) is 0 Å². The molecule has 1 aromatic carbocycles. The van der Waals surface area contributed by atoms with E-state index in [9.17, 15) is 0 Å². The van der Waals surface area contributed by atoms with Crippen LogP contribution in [-0.4, -0.2) is 5.33 Å². The van der Waals surface area contributed by atoms with Gasteiger partial charge in [0.25, 0.3) is 0 Å². The standard InChI is InChI=1S/C15H23Br/c1-11(2)13-5-7-14(8-6-13)15(9-10-16)12(3)4/h5-8,11-12,15H,9-10H2,1-4H3. The van der Waals surface area contributed by atoms with Gasteiger partial charge >= 0.3 is 0 Å². The van der Waals surface area contributed by atoms with Crippen molar-refractivity contribution in [2.24, 2.45) is 5.92 Å². The molecule has 0 aromatic heterocycles. The van der Waals surface area contributed by atoms with Gasteiger partial charge in [-0.1, -0.05) is 67.9 Å². The summed E-state index contributed by atoms with van der Waals surface area (Å²) in [6, 6.07) is 9.18. The van der Waals surface area contributed by atoms with Crippen molar-refractivity contribution in [3.63, 3.8) is 0 Å². The second-order valence-corrected chi connectivity index (χ2v) is 5.94. The maximum Gasteiger partial charge on any atom is 0.00372 e. The van der Waals surface area contributed by atoms with E-state index >= 15 is 0 Å². The van der Waals surface area contributed by atoms with Gasteiger partial charge in [-0.05, 0) is 35.3 Å². The van der Waals surface area contributed by atoms with Crippen LogP contribution >= 0.6 is 15.9 Å². The summed E-state index contributed by atoms with van der Waals surface area (Å²) in [7, 11) is 0. The highest BCUT2D eigenvalue weighted by molar-refractivity contribution is 9.09. The molecule has 0 radical (unpaired) electrons. The third-order valence-corrected chi connectivity index (χ3v) is 3.71. The third kappa shape index (κ3) is 3.62. The summed E-state index contributed by atoms with van der Waals surface area (Å²) >= 11 is 3.55. The van der Waals surface area contributed by atoms with Gasteiger partial charge in [-0.15, -0.1) is 0 Å². The lowest BCUT2D eigenvalue weighted by atomic mass is 9.85. The highest BCUT2D eigenvalue weighted by Crippen LogP contribution is 2.29. The molecule has 0 saturated carbocycles. The van der Waals surface area contributed by atoms with Crippen molar-refractivity contribution in [3.8, 4) is 0 Å². The SMILES string of the molecule is CC(C)c1ccc(C(CCBr)C(C)C)cc1. The number of halogens is 1. The van der Waals surface area contributed by atoms with Crippen LogP contribution in [0.25, 0.3) is 0 Å². The molecule has 0 aliphatic heterocycles. The highest BCUT2D eigenvalue weighted by atomic mass is 79.9. The van der Waals surface area contributed by atoms with Crippen molar-refractivity contribution < 1.29 is 0 Å². The molecule has 0 aliphatic rings. The molecule has 0 saturated heterocycles. The van der Waals surface area contributed by atoms with Gasteiger partial charge in [-0.3, -0.25) is 0 Å². The first-order valence-corrected chi connectivity index (χ1v) is 7.34. The molecular weight excluding hydrogens is 260 g/mol. The summed E-state index contributed by atoms with van der Waals surface area (Å²) in [5.74, 6) is 2.02. The summed E-state index contributed by atoms with van der Waals surface area (Å²) in [4.78, 5) is 0. The monoisotopic (exact) mass is 282 g/mol. The molecule has 0 fully saturated rings. The van der Waals surface area contributed by atoms with E-state index in [1.54, 1.807) is 0 Å². The Morgan fingerprint density at radius 2 is 1.44 bits per heavy atom. The largest absolute Gasteiger partial charge is 0.0928 e. The molecule has 0 nitrogen and oxygen atoms in total. The molecule has 0 spiro atoms. The van der Waals surface area contributed by atoms with Crippen LogP contribution in [0.5, 0.6) is 0 Å². The van der Waals surface area contributed by atoms with Gasteiger partial charge in [0.1, 0.15) is 0 Å². The van der Waals surface area contributed by atoms with Crippen molar-refractivity contribution >= 4 is 15.9 Å². The predicted octanol–water partition coefficient (Wildman–Crippen LogP) is 5.33. The summed E-state index contributed by atoms with van der Waals surface area (Å²) in [5.41, 5.74) is 2.92. The van der Waals surface area contributed by atoms with E-state index in [2.05, 4.69) is 67.9 Å². The molecule has 90 valence electrons. The van der Waals surface area contributed by atoms with E-state index < -0.39 is 0 Å². The maximum atomic E-state index is 3.55. The first-order valence-electron chi connectivity index (χ1n) is 6.22. The molecule has 1 heteroatoms. The Morgan fingerprint density at radius 1 is 0.938 bits per heavy atom. The molecule has 1 rings (SSSR count). The molecule has 0 aliphatic carbocycles. The zero-order chi connectivity index (χ0) is 12.1. The summed E-state index contributed by atoms with van der Waals surface area (Å²) < 4.78 is 0. The van der Waals surface area contributed by atoms with E-state index in [1.165, 1.54) is 17.5 Å². The lowest BCUT2D eigenvalue weighted by Gasteiger charge is -2.21. The van der Waals surface area contributed by atoms with Gasteiger partial charge in [-0.2, -0.15) is 0 Å². The first kappa shape index (κ1) is 13.8. The van der Waals surface area contributed by atoms with Crippen molar-refractivity contribution in [2.75, 3.05) is 5.33 Å². The molecule has 0 N–H and O–H groups in total. The minimum absolute atomic E-state index is 0.628. The van der Waals surface area contributed by atoms with Crippen LogP contribution < -0.4 is 0 Å². The van der Waals surface area contributed by atoms with Crippen LogP contribution in [0.15, 0.2) is 24.3 Å². The highest BCUT2D eigenvalue weighted by Gasteiger charge is 2.14. The Kier molecular flexibility index (Phi) is 5.54. The fraction of sp³-hybridized carbons (Fsp3) is 0.600. The zero-order valence-electron chi connectivity index (χ0n) is 10.8. The van der Waals surface area contributed by atoms with E-state index in [-0.39, 0.29) is 0 Å². The average molecular weight is 283 g/mol. The van der Waals surface area contributed by atoms with E-state index in [4.69, 9.17) is 0 Å². The molecular formula is C15H23Br. The zero-order valence-corrected chi connectivity index (χ0v) is 12.4. The van der Waals surface area contributed by atoms with Gasteiger partial charge in [0.2, 0.25) is 0 Å². The topological polar surface area (TPSA) is 0 Å². The van der Waals surface area contributed by atoms with Crippen LogP contribution in [0, 0.1) is 5.92 Å². The Balaban J connectivity index is 2.85. The average Bonchev–Trinajstić information content (AvgIpc) is 2.25. The molecule has 0 bridgehead atoms. The van der Waals surface area contributed by atoms with Crippen LogP contribution in [0.4, 0.5) is 0 Å². The smallest absolute Gasteiger partial charge is 0.00372 e. The Hall–Kier alpha value is -0.300. The minimum atomic E-state index is 0.628. The molecule has 0 amide bonds. The van der Waals surface area contributed by atoms with Crippen molar-refractivity contribution in [2.45, 2.75) is 46.0 Å². The Morgan fingerprint density at radius 3 is 1.81 bits per heavy atom. The number of alkyl halides is 1. The van der Waals surface area contributed by atoms with Crippen LogP contribution in [0.2, 0.25) is 0 Å². The summed E-state index contributed by atoms with van der Waals surface area (Å²) in [6.45, 7) is 9.11. The Labute approximate surface area is 109 Å². The normalized spacial score (nSPS) is 13.4.